The molecule has 0 bridgehead atoms. The Kier molecular flexibility index (Phi) is 5.44. The van der Waals surface area contributed by atoms with Gasteiger partial charge in [-0.05, 0) is 42.0 Å². The molecule has 1 fully saturated rings. The molecule has 0 radical (unpaired) electrons. The molecule has 2 rings (SSSR count). The first kappa shape index (κ1) is 13.8. The van der Waals surface area contributed by atoms with Gasteiger partial charge < -0.3 is 5.32 Å². The zero-order chi connectivity index (χ0) is 12.8. The van der Waals surface area contributed by atoms with Gasteiger partial charge in [0.2, 0.25) is 0 Å². The monoisotopic (exact) mass is 269 g/mol. The van der Waals surface area contributed by atoms with Crippen molar-refractivity contribution in [3.05, 3.63) is 5.82 Å². The fourth-order valence-electron chi connectivity index (χ4n) is 2.56. The highest BCUT2D eigenvalue weighted by atomic mass is 32.2. The van der Waals surface area contributed by atoms with Crippen molar-refractivity contribution in [2.24, 2.45) is 0 Å². The normalized spacial score (nSPS) is 23.7. The van der Waals surface area contributed by atoms with Crippen LogP contribution in [-0.2, 0) is 6.54 Å². The lowest BCUT2D eigenvalue weighted by Gasteiger charge is -2.19. The predicted octanol–water partition coefficient (Wildman–Crippen LogP) is 2.02. The van der Waals surface area contributed by atoms with Gasteiger partial charge in [0.15, 0.2) is 5.82 Å². The molecule has 18 heavy (non-hydrogen) atoms. The number of aromatic nitrogens is 4. The van der Waals surface area contributed by atoms with Crippen LogP contribution in [0.3, 0.4) is 0 Å². The molecule has 1 saturated carbocycles. The standard InChI is InChI=1S/C12H23N5S/c1-3-8-13-9-12-14-15-16-17(12)10-6-5-7-11(10)18-4-2/h10-11,13H,3-9H2,1-2H3. The number of nitrogens with zero attached hydrogens (tertiary/aromatic N) is 4. The molecule has 6 heteroatoms. The summed E-state index contributed by atoms with van der Waals surface area (Å²) in [5.74, 6) is 2.16. The number of tetrazole rings is 1. The highest BCUT2D eigenvalue weighted by molar-refractivity contribution is 7.99. The van der Waals surface area contributed by atoms with E-state index in [0.717, 1.165) is 25.3 Å². The van der Waals surface area contributed by atoms with Gasteiger partial charge in [-0.15, -0.1) is 5.10 Å². The van der Waals surface area contributed by atoms with Crippen molar-refractivity contribution in [3.8, 4) is 0 Å². The summed E-state index contributed by atoms with van der Waals surface area (Å²) in [7, 11) is 0. The zero-order valence-electron chi connectivity index (χ0n) is 11.3. The minimum Gasteiger partial charge on any atom is -0.310 e. The van der Waals surface area contributed by atoms with Gasteiger partial charge in [-0.25, -0.2) is 4.68 Å². The smallest absolute Gasteiger partial charge is 0.165 e. The van der Waals surface area contributed by atoms with Crippen LogP contribution in [0.1, 0.15) is 51.4 Å². The van der Waals surface area contributed by atoms with Gasteiger partial charge in [0.25, 0.3) is 0 Å². The number of hydrogen-bond acceptors (Lipinski definition) is 5. The first-order chi connectivity index (χ1) is 8.86. The van der Waals surface area contributed by atoms with Crippen molar-refractivity contribution in [1.29, 1.82) is 0 Å². The highest BCUT2D eigenvalue weighted by Gasteiger charge is 2.31. The minimum absolute atomic E-state index is 0.489. The molecule has 1 aliphatic rings. The summed E-state index contributed by atoms with van der Waals surface area (Å²) in [5, 5.41) is 16.3. The van der Waals surface area contributed by atoms with Crippen molar-refractivity contribution in [2.45, 2.75) is 57.4 Å². The Morgan fingerprint density at radius 1 is 1.39 bits per heavy atom. The number of hydrogen-bond donors (Lipinski definition) is 1. The third-order valence-corrected chi connectivity index (χ3v) is 4.69. The van der Waals surface area contributed by atoms with Crippen molar-refractivity contribution < 1.29 is 0 Å². The van der Waals surface area contributed by atoms with Gasteiger partial charge in [-0.2, -0.15) is 11.8 Å². The fourth-order valence-corrected chi connectivity index (χ4v) is 3.79. The van der Waals surface area contributed by atoms with E-state index in [9.17, 15) is 0 Å². The zero-order valence-corrected chi connectivity index (χ0v) is 12.1. The SMILES string of the molecule is CCCNCc1nnnn1C1CCCC1SCC. The highest BCUT2D eigenvalue weighted by Crippen LogP contribution is 2.38. The fraction of sp³-hybridized carbons (Fsp3) is 0.917. The van der Waals surface area contributed by atoms with E-state index < -0.39 is 0 Å². The van der Waals surface area contributed by atoms with Crippen molar-refractivity contribution in [1.82, 2.24) is 25.5 Å². The van der Waals surface area contributed by atoms with Gasteiger partial charge in [0, 0.05) is 5.25 Å². The van der Waals surface area contributed by atoms with Crippen LogP contribution in [0.2, 0.25) is 0 Å². The molecule has 2 unspecified atom stereocenters. The van der Waals surface area contributed by atoms with Gasteiger partial charge in [0.05, 0.1) is 12.6 Å². The second-order valence-corrected chi connectivity index (χ2v) is 6.22. The Morgan fingerprint density at radius 3 is 3.06 bits per heavy atom. The molecule has 5 nitrogen and oxygen atoms in total. The lowest BCUT2D eigenvalue weighted by molar-refractivity contribution is 0.437. The molecule has 0 aromatic carbocycles. The molecule has 1 aromatic rings. The maximum atomic E-state index is 4.21. The molecule has 1 N–H and O–H groups in total. The molecule has 0 aliphatic heterocycles. The minimum atomic E-state index is 0.489. The lowest BCUT2D eigenvalue weighted by Crippen LogP contribution is -2.24. The van der Waals surface area contributed by atoms with Gasteiger partial charge >= 0.3 is 0 Å². The van der Waals surface area contributed by atoms with E-state index in [0.29, 0.717) is 11.3 Å². The van der Waals surface area contributed by atoms with E-state index in [1.807, 2.05) is 11.8 Å². The number of nitrogens with one attached hydrogen (secondary N) is 1. The van der Waals surface area contributed by atoms with Crippen LogP contribution in [0.5, 0.6) is 0 Å². The maximum Gasteiger partial charge on any atom is 0.165 e. The second kappa shape index (κ2) is 7.09. The number of rotatable bonds is 7. The quantitative estimate of drug-likeness (QED) is 0.768. The lowest BCUT2D eigenvalue weighted by atomic mass is 10.2. The van der Waals surface area contributed by atoms with Gasteiger partial charge in [-0.3, -0.25) is 0 Å². The Labute approximate surface area is 113 Å². The summed E-state index contributed by atoms with van der Waals surface area (Å²) in [6.45, 7) is 6.19. The van der Waals surface area contributed by atoms with Crippen molar-refractivity contribution >= 4 is 11.8 Å². The molecule has 0 amide bonds. The third kappa shape index (κ3) is 3.23. The molecule has 1 aliphatic carbocycles. The molecule has 1 aromatic heterocycles. The first-order valence-electron chi connectivity index (χ1n) is 6.95. The van der Waals surface area contributed by atoms with Crippen LogP contribution in [0.15, 0.2) is 0 Å². The van der Waals surface area contributed by atoms with E-state index >= 15 is 0 Å². The summed E-state index contributed by atoms with van der Waals surface area (Å²) in [5.41, 5.74) is 0. The number of thioether (sulfide) groups is 1. The average molecular weight is 269 g/mol. The van der Waals surface area contributed by atoms with Crippen LogP contribution in [0.4, 0.5) is 0 Å². The van der Waals surface area contributed by atoms with Crippen LogP contribution in [-0.4, -0.2) is 37.8 Å². The molecule has 102 valence electrons. The molecule has 2 atom stereocenters. The van der Waals surface area contributed by atoms with Gasteiger partial charge in [-0.1, -0.05) is 20.3 Å². The second-order valence-electron chi connectivity index (χ2n) is 4.71. The molecular formula is C12H23N5S. The summed E-state index contributed by atoms with van der Waals surface area (Å²) in [6.07, 6.45) is 4.94. The first-order valence-corrected chi connectivity index (χ1v) is 8.00. The largest absolute Gasteiger partial charge is 0.310 e. The topological polar surface area (TPSA) is 55.6 Å². The van der Waals surface area contributed by atoms with E-state index in [4.69, 9.17) is 0 Å². The van der Waals surface area contributed by atoms with Crippen LogP contribution >= 0.6 is 11.8 Å². The van der Waals surface area contributed by atoms with E-state index in [1.54, 1.807) is 0 Å². The maximum absolute atomic E-state index is 4.21. The molecule has 0 saturated heterocycles. The summed E-state index contributed by atoms with van der Waals surface area (Å²) in [6, 6.07) is 0.489. The molecular weight excluding hydrogens is 246 g/mol. The van der Waals surface area contributed by atoms with E-state index in [2.05, 4.69) is 39.4 Å². The Bertz CT molecular complexity index is 354. The van der Waals surface area contributed by atoms with Crippen LogP contribution in [0, 0.1) is 0 Å². The van der Waals surface area contributed by atoms with Gasteiger partial charge in [0.1, 0.15) is 0 Å². The summed E-state index contributed by atoms with van der Waals surface area (Å²) < 4.78 is 2.06. The summed E-state index contributed by atoms with van der Waals surface area (Å²) in [4.78, 5) is 0. The molecule has 0 spiro atoms. The van der Waals surface area contributed by atoms with E-state index in [1.165, 1.54) is 25.0 Å². The summed E-state index contributed by atoms with van der Waals surface area (Å²) >= 11 is 2.05. The average Bonchev–Trinajstić information content (AvgIpc) is 2.98. The predicted molar refractivity (Wildman–Crippen MR) is 74.6 cm³/mol. The Hall–Kier alpha value is -0.620. The van der Waals surface area contributed by atoms with Crippen LogP contribution < -0.4 is 5.32 Å². The Morgan fingerprint density at radius 2 is 2.28 bits per heavy atom. The van der Waals surface area contributed by atoms with E-state index in [-0.39, 0.29) is 0 Å². The van der Waals surface area contributed by atoms with Crippen molar-refractivity contribution in [3.63, 3.8) is 0 Å². The Balaban J connectivity index is 2.01. The van der Waals surface area contributed by atoms with Crippen LogP contribution in [0.25, 0.3) is 0 Å². The molecule has 1 heterocycles. The van der Waals surface area contributed by atoms with Crippen molar-refractivity contribution in [2.75, 3.05) is 12.3 Å². The third-order valence-electron chi connectivity index (χ3n) is 3.38.